The third-order valence-electron chi connectivity index (χ3n) is 3.17. The SMILES string of the molecule is CCCCCCCNC(=O)c1nc2ccccc2[nH]1. The molecule has 102 valence electrons. The van der Waals surface area contributed by atoms with E-state index in [-0.39, 0.29) is 5.91 Å². The molecule has 0 unspecified atom stereocenters. The van der Waals surface area contributed by atoms with Crippen LogP contribution in [-0.2, 0) is 0 Å². The summed E-state index contributed by atoms with van der Waals surface area (Å²) < 4.78 is 0. The van der Waals surface area contributed by atoms with Crippen LogP contribution in [0.5, 0.6) is 0 Å². The zero-order chi connectivity index (χ0) is 13.5. The minimum Gasteiger partial charge on any atom is -0.349 e. The highest BCUT2D eigenvalue weighted by molar-refractivity contribution is 5.94. The lowest BCUT2D eigenvalue weighted by Crippen LogP contribution is -2.25. The molecule has 0 aliphatic rings. The van der Waals surface area contributed by atoms with Crippen LogP contribution >= 0.6 is 0 Å². The highest BCUT2D eigenvalue weighted by atomic mass is 16.2. The van der Waals surface area contributed by atoms with Crippen molar-refractivity contribution in [3.63, 3.8) is 0 Å². The molecule has 2 aromatic rings. The number of benzene rings is 1. The highest BCUT2D eigenvalue weighted by Gasteiger charge is 2.09. The summed E-state index contributed by atoms with van der Waals surface area (Å²) in [5.74, 6) is 0.279. The van der Waals surface area contributed by atoms with Gasteiger partial charge in [-0.15, -0.1) is 0 Å². The summed E-state index contributed by atoms with van der Waals surface area (Å²) in [6.45, 7) is 2.92. The Morgan fingerprint density at radius 2 is 2.00 bits per heavy atom. The molecule has 1 aromatic heterocycles. The number of aromatic amines is 1. The van der Waals surface area contributed by atoms with Crippen LogP contribution in [0, 0.1) is 0 Å². The number of carbonyl (C=O) groups excluding carboxylic acids is 1. The Bertz CT molecular complexity index is 500. The molecule has 1 aromatic carbocycles. The van der Waals surface area contributed by atoms with Crippen LogP contribution in [0.1, 0.15) is 49.6 Å². The first-order valence-corrected chi connectivity index (χ1v) is 7.04. The maximum atomic E-state index is 11.9. The molecule has 19 heavy (non-hydrogen) atoms. The van der Waals surface area contributed by atoms with Gasteiger partial charge in [-0.05, 0) is 18.6 Å². The van der Waals surface area contributed by atoms with Crippen LogP contribution in [-0.4, -0.2) is 22.4 Å². The summed E-state index contributed by atoms with van der Waals surface area (Å²) in [6, 6.07) is 7.66. The Morgan fingerprint density at radius 3 is 2.79 bits per heavy atom. The molecular formula is C15H21N3O. The molecule has 1 amide bonds. The van der Waals surface area contributed by atoms with Crippen molar-refractivity contribution >= 4 is 16.9 Å². The van der Waals surface area contributed by atoms with Crippen molar-refractivity contribution in [2.45, 2.75) is 39.0 Å². The van der Waals surface area contributed by atoms with E-state index in [4.69, 9.17) is 0 Å². The monoisotopic (exact) mass is 259 g/mol. The number of fused-ring (bicyclic) bond motifs is 1. The van der Waals surface area contributed by atoms with Crippen molar-refractivity contribution in [1.82, 2.24) is 15.3 Å². The van der Waals surface area contributed by atoms with Crippen LogP contribution in [0.4, 0.5) is 0 Å². The van der Waals surface area contributed by atoms with Gasteiger partial charge >= 0.3 is 0 Å². The first-order valence-electron chi connectivity index (χ1n) is 7.04. The average Bonchev–Trinajstić information content (AvgIpc) is 2.86. The normalized spacial score (nSPS) is 10.8. The number of nitrogens with zero attached hydrogens (tertiary/aromatic N) is 1. The number of carbonyl (C=O) groups is 1. The van der Waals surface area contributed by atoms with E-state index < -0.39 is 0 Å². The van der Waals surface area contributed by atoms with Gasteiger partial charge in [-0.3, -0.25) is 4.79 Å². The van der Waals surface area contributed by atoms with E-state index in [0.717, 1.165) is 24.0 Å². The summed E-state index contributed by atoms with van der Waals surface area (Å²) >= 11 is 0. The number of hydrogen-bond donors (Lipinski definition) is 2. The molecule has 0 aliphatic carbocycles. The predicted molar refractivity (Wildman–Crippen MR) is 77.2 cm³/mol. The number of nitrogens with one attached hydrogen (secondary N) is 2. The summed E-state index contributed by atoms with van der Waals surface area (Å²) in [7, 11) is 0. The summed E-state index contributed by atoms with van der Waals surface area (Å²) in [5, 5.41) is 2.90. The minimum atomic E-state index is -0.119. The van der Waals surface area contributed by atoms with E-state index in [0.29, 0.717) is 5.82 Å². The number of para-hydroxylation sites is 2. The van der Waals surface area contributed by atoms with Crippen molar-refractivity contribution in [1.29, 1.82) is 0 Å². The van der Waals surface area contributed by atoms with Crippen molar-refractivity contribution in [3.8, 4) is 0 Å². The van der Waals surface area contributed by atoms with Gasteiger partial charge in [-0.2, -0.15) is 0 Å². The van der Waals surface area contributed by atoms with Crippen LogP contribution in [0.25, 0.3) is 11.0 Å². The van der Waals surface area contributed by atoms with Crippen molar-refractivity contribution in [2.75, 3.05) is 6.54 Å². The molecule has 0 saturated heterocycles. The Hall–Kier alpha value is -1.84. The van der Waals surface area contributed by atoms with Gasteiger partial charge in [-0.25, -0.2) is 4.98 Å². The smallest absolute Gasteiger partial charge is 0.287 e. The number of aromatic nitrogens is 2. The summed E-state index contributed by atoms with van der Waals surface area (Å²) in [5.41, 5.74) is 1.73. The van der Waals surface area contributed by atoms with Crippen LogP contribution in [0.3, 0.4) is 0 Å². The van der Waals surface area contributed by atoms with Gasteiger partial charge in [0.25, 0.3) is 5.91 Å². The molecule has 0 spiro atoms. The Balaban J connectivity index is 1.79. The van der Waals surface area contributed by atoms with Gasteiger partial charge < -0.3 is 10.3 Å². The maximum absolute atomic E-state index is 11.9. The third kappa shape index (κ3) is 3.81. The fourth-order valence-electron chi connectivity index (χ4n) is 2.07. The van der Waals surface area contributed by atoms with E-state index in [2.05, 4.69) is 22.2 Å². The van der Waals surface area contributed by atoms with Crippen molar-refractivity contribution in [2.24, 2.45) is 0 Å². The number of amides is 1. The van der Waals surface area contributed by atoms with E-state index in [1.165, 1.54) is 25.7 Å². The average molecular weight is 259 g/mol. The second-order valence-electron chi connectivity index (χ2n) is 4.77. The molecule has 4 heteroatoms. The second-order valence-corrected chi connectivity index (χ2v) is 4.77. The van der Waals surface area contributed by atoms with Gasteiger partial charge in [0.2, 0.25) is 0 Å². The molecule has 0 aliphatic heterocycles. The molecule has 0 atom stereocenters. The lowest BCUT2D eigenvalue weighted by molar-refractivity contribution is 0.0944. The van der Waals surface area contributed by atoms with Crippen LogP contribution < -0.4 is 5.32 Å². The molecule has 0 saturated carbocycles. The van der Waals surface area contributed by atoms with Crippen molar-refractivity contribution < 1.29 is 4.79 Å². The first-order chi connectivity index (χ1) is 9.31. The summed E-state index contributed by atoms with van der Waals surface area (Å²) in [6.07, 6.45) is 5.97. The second kappa shape index (κ2) is 6.92. The topological polar surface area (TPSA) is 57.8 Å². The molecule has 2 N–H and O–H groups in total. The quantitative estimate of drug-likeness (QED) is 0.750. The molecule has 0 radical (unpaired) electrons. The molecule has 4 nitrogen and oxygen atoms in total. The number of unbranched alkanes of at least 4 members (excludes halogenated alkanes) is 4. The molecular weight excluding hydrogens is 238 g/mol. The van der Waals surface area contributed by atoms with E-state index in [1.807, 2.05) is 24.3 Å². The van der Waals surface area contributed by atoms with E-state index in [9.17, 15) is 4.79 Å². The fraction of sp³-hybridized carbons (Fsp3) is 0.467. The maximum Gasteiger partial charge on any atom is 0.287 e. The van der Waals surface area contributed by atoms with Gasteiger partial charge in [0, 0.05) is 6.54 Å². The number of rotatable bonds is 7. The van der Waals surface area contributed by atoms with Gasteiger partial charge in [0.15, 0.2) is 5.82 Å². The minimum absolute atomic E-state index is 0.119. The highest BCUT2D eigenvalue weighted by Crippen LogP contribution is 2.10. The molecule has 0 bridgehead atoms. The van der Waals surface area contributed by atoms with Gasteiger partial charge in [-0.1, -0.05) is 44.7 Å². The fourth-order valence-corrected chi connectivity index (χ4v) is 2.07. The van der Waals surface area contributed by atoms with E-state index in [1.54, 1.807) is 0 Å². The van der Waals surface area contributed by atoms with Gasteiger partial charge in [0.1, 0.15) is 0 Å². The van der Waals surface area contributed by atoms with Crippen molar-refractivity contribution in [3.05, 3.63) is 30.1 Å². The number of imidazole rings is 1. The largest absolute Gasteiger partial charge is 0.349 e. The predicted octanol–water partition coefficient (Wildman–Crippen LogP) is 3.26. The lowest BCUT2D eigenvalue weighted by atomic mass is 10.1. The Morgan fingerprint density at radius 1 is 1.21 bits per heavy atom. The standard InChI is InChI=1S/C15H21N3O/c1-2-3-4-5-8-11-16-15(19)14-17-12-9-6-7-10-13(12)18-14/h6-7,9-10H,2-5,8,11H2,1H3,(H,16,19)(H,17,18). The van der Waals surface area contributed by atoms with E-state index >= 15 is 0 Å². The zero-order valence-electron chi connectivity index (χ0n) is 11.4. The van der Waals surface area contributed by atoms with Gasteiger partial charge in [0.05, 0.1) is 11.0 Å². The third-order valence-corrected chi connectivity index (χ3v) is 3.17. The summed E-state index contributed by atoms with van der Waals surface area (Å²) in [4.78, 5) is 19.2. The van der Waals surface area contributed by atoms with Crippen LogP contribution in [0.15, 0.2) is 24.3 Å². The molecule has 2 rings (SSSR count). The first kappa shape index (κ1) is 13.6. The lowest BCUT2D eigenvalue weighted by Gasteiger charge is -2.02. The molecule has 0 fully saturated rings. The zero-order valence-corrected chi connectivity index (χ0v) is 11.4. The Kier molecular flexibility index (Phi) is 4.95. The Labute approximate surface area is 113 Å². The molecule has 1 heterocycles. The number of H-pyrrole nitrogens is 1. The van der Waals surface area contributed by atoms with Crippen LogP contribution in [0.2, 0.25) is 0 Å². The number of hydrogen-bond acceptors (Lipinski definition) is 2.